The average Bonchev–Trinajstić information content (AvgIpc) is 3.46. The highest BCUT2D eigenvalue weighted by atomic mass is 33.7. The van der Waals surface area contributed by atoms with Crippen molar-refractivity contribution in [3.63, 3.8) is 0 Å². The highest BCUT2D eigenvalue weighted by Crippen LogP contribution is 2.75. The molecule has 32 heteroatoms. The van der Waals surface area contributed by atoms with E-state index in [4.69, 9.17) is 53.1 Å². The molecule has 402 valence electrons. The van der Waals surface area contributed by atoms with E-state index in [1.54, 1.807) is 82.5 Å². The maximum absolute atomic E-state index is 6.22. The summed E-state index contributed by atoms with van der Waals surface area (Å²) in [6.07, 6.45) is 5.62. The molecule has 1 saturated carbocycles. The SMILES string of the molecule is CCO[Si](CSSSSC1(SSSSC[Si](OCC)(OCC)OCC)CCCCCC1(SSSSC[Si](OCC)(OCC)OCC)SSSSC[Si](OCC)(OCC)OCC)(OCC)OCC. The second kappa shape index (κ2) is 43.8. The quantitative estimate of drug-likeness (QED) is 0.0189. The van der Waals surface area contributed by atoms with Gasteiger partial charge in [0.15, 0.2) is 0 Å². The predicted octanol–water partition coefficient (Wildman–Crippen LogP) is 16.4. The van der Waals surface area contributed by atoms with Crippen LogP contribution in [0.25, 0.3) is 0 Å². The average molecular weight is 1320 g/mol. The van der Waals surface area contributed by atoms with Crippen molar-refractivity contribution < 1.29 is 53.1 Å². The summed E-state index contributed by atoms with van der Waals surface area (Å²) in [7, 11) is 18.7. The Bertz CT molecular complexity index is 965. The molecule has 0 N–H and O–H groups in total. The summed E-state index contributed by atoms with van der Waals surface area (Å²) in [6, 6.07) is 0. The zero-order valence-corrected chi connectivity index (χ0v) is 58.3. The van der Waals surface area contributed by atoms with Crippen molar-refractivity contribution in [2.75, 3.05) is 101 Å². The zero-order chi connectivity index (χ0) is 49.6. The van der Waals surface area contributed by atoms with E-state index in [0.29, 0.717) is 101 Å². The first-order valence-electron chi connectivity index (χ1n) is 22.7. The van der Waals surface area contributed by atoms with Crippen molar-refractivity contribution >= 4 is 200 Å². The Morgan fingerprint density at radius 1 is 0.269 bits per heavy atom. The van der Waals surface area contributed by atoms with Gasteiger partial charge in [0.2, 0.25) is 0 Å². The Balaban J connectivity index is 3.62. The van der Waals surface area contributed by atoms with Crippen LogP contribution in [-0.2, 0) is 53.1 Å². The molecular weight excluding hydrogens is 1240 g/mol. The van der Waals surface area contributed by atoms with Gasteiger partial charge in [0.25, 0.3) is 0 Å². The van der Waals surface area contributed by atoms with Gasteiger partial charge in [-0.2, -0.15) is 0 Å². The third-order valence-corrected chi connectivity index (χ3v) is 55.8. The minimum atomic E-state index is -2.81. The van der Waals surface area contributed by atoms with Crippen molar-refractivity contribution in [2.45, 2.75) is 123 Å². The van der Waals surface area contributed by atoms with Crippen LogP contribution in [0.4, 0.5) is 0 Å². The van der Waals surface area contributed by atoms with Crippen LogP contribution in [0, 0.1) is 0 Å². The fraction of sp³-hybridized carbons (Fsp3) is 1.00. The highest BCUT2D eigenvalue weighted by Gasteiger charge is 2.56. The van der Waals surface area contributed by atoms with Crippen LogP contribution in [0.5, 0.6) is 0 Å². The fourth-order valence-electron chi connectivity index (χ4n) is 6.10. The molecule has 0 heterocycles. The summed E-state index contributed by atoms with van der Waals surface area (Å²) >= 11 is 0. The summed E-state index contributed by atoms with van der Waals surface area (Å²) in [5.74, 6) is 0. The molecule has 0 aromatic heterocycles. The first-order chi connectivity index (χ1) is 32.5. The van der Waals surface area contributed by atoms with E-state index in [9.17, 15) is 0 Å². The molecule has 0 aliphatic heterocycles. The zero-order valence-electron chi connectivity index (χ0n) is 41.3. The minimum absolute atomic E-state index is 0.199. The Morgan fingerprint density at radius 2 is 0.448 bits per heavy atom. The molecule has 1 aliphatic rings. The molecule has 0 radical (unpaired) electrons. The van der Waals surface area contributed by atoms with Crippen molar-refractivity contribution in [3.8, 4) is 0 Å². The molecule has 0 saturated heterocycles. The van der Waals surface area contributed by atoms with Gasteiger partial charge in [0.05, 0.1) is 21.5 Å². The lowest BCUT2D eigenvalue weighted by Crippen LogP contribution is -2.49. The van der Waals surface area contributed by atoms with Gasteiger partial charge in [-0.25, -0.2) is 0 Å². The molecule has 12 nitrogen and oxygen atoms in total. The first kappa shape index (κ1) is 71.0. The molecular formula is C35H78O12S16Si4. The van der Waals surface area contributed by atoms with Crippen LogP contribution in [-0.4, -0.2) is 144 Å². The topological polar surface area (TPSA) is 111 Å². The molecule has 1 fully saturated rings. The van der Waals surface area contributed by atoms with Gasteiger partial charge in [0, 0.05) is 79.3 Å². The lowest BCUT2D eigenvalue weighted by molar-refractivity contribution is 0.0765. The van der Waals surface area contributed by atoms with Crippen LogP contribution < -0.4 is 0 Å². The second-order valence-electron chi connectivity index (χ2n) is 12.9. The monoisotopic (exact) mass is 1310 g/mol. The molecule has 0 aromatic rings. The van der Waals surface area contributed by atoms with E-state index in [0.717, 1.165) is 25.7 Å². The standard InChI is InChI=1S/C35H78O12S16Si4/c1-13-36-64(37-14-2,38-15-3)30-48-56-60-52-34(53-61-57-49-31-65(39-16-4,40-17-5)41-18-6)28-26-25-27-29-35(34,54-62-58-50-32-66(42-19-7,43-20-8)44-21-9)55-63-59-51-33-67(45-22-10,46-23-11)47-24-12/h13-33H2,1-12H3. The largest absolute Gasteiger partial charge is 0.512 e. The molecule has 0 atom stereocenters. The summed E-state index contributed by atoms with van der Waals surface area (Å²) in [5.41, 5.74) is 0. The van der Waals surface area contributed by atoms with Crippen LogP contribution in [0.1, 0.15) is 115 Å². The minimum Gasteiger partial charge on any atom is -0.373 e. The van der Waals surface area contributed by atoms with Gasteiger partial charge < -0.3 is 53.1 Å². The molecule has 0 amide bonds. The predicted molar refractivity (Wildman–Crippen MR) is 332 cm³/mol. The van der Waals surface area contributed by atoms with Crippen molar-refractivity contribution in [3.05, 3.63) is 0 Å². The molecule has 1 rings (SSSR count). The normalized spacial score (nSPS) is 15.9. The molecule has 0 aromatic carbocycles. The van der Waals surface area contributed by atoms with E-state index in [1.807, 2.05) is 166 Å². The third-order valence-electron chi connectivity index (χ3n) is 8.38. The van der Waals surface area contributed by atoms with E-state index < -0.39 is 35.2 Å². The van der Waals surface area contributed by atoms with Crippen LogP contribution in [0.15, 0.2) is 0 Å². The highest BCUT2D eigenvalue weighted by molar-refractivity contribution is 9.31. The lowest BCUT2D eigenvalue weighted by atomic mass is 10.2. The fourth-order valence-corrected chi connectivity index (χ4v) is 60.0. The van der Waals surface area contributed by atoms with Gasteiger partial charge >= 0.3 is 35.2 Å². The van der Waals surface area contributed by atoms with Gasteiger partial charge in [-0.15, -0.1) is 0 Å². The first-order valence-corrected chi connectivity index (χ1v) is 50.4. The third kappa shape index (κ3) is 27.6. The number of hydrogen-bond acceptors (Lipinski definition) is 28. The maximum Gasteiger partial charge on any atom is 0.512 e. The van der Waals surface area contributed by atoms with Gasteiger partial charge in [-0.1, -0.05) is 106 Å². The maximum atomic E-state index is 6.22. The van der Waals surface area contributed by atoms with Gasteiger partial charge in [0.1, 0.15) is 8.16 Å². The Morgan fingerprint density at radius 3 is 0.612 bits per heavy atom. The van der Waals surface area contributed by atoms with Crippen LogP contribution >= 0.6 is 165 Å². The summed E-state index contributed by atoms with van der Waals surface area (Å²) in [4.78, 5) is 0. The summed E-state index contributed by atoms with van der Waals surface area (Å²) in [5, 5.41) is 2.73. The molecule has 0 bridgehead atoms. The van der Waals surface area contributed by atoms with E-state index in [1.165, 1.54) is 6.42 Å². The number of rotatable bonds is 48. The van der Waals surface area contributed by atoms with Crippen molar-refractivity contribution in [2.24, 2.45) is 0 Å². The number of hydrogen-bond donors (Lipinski definition) is 0. The van der Waals surface area contributed by atoms with Gasteiger partial charge in [-0.3, -0.25) is 0 Å². The van der Waals surface area contributed by atoms with E-state index in [2.05, 4.69) is 0 Å². The van der Waals surface area contributed by atoms with Crippen molar-refractivity contribution in [1.82, 2.24) is 0 Å². The Kier molecular flexibility index (Phi) is 46.4. The molecule has 1 aliphatic carbocycles. The van der Waals surface area contributed by atoms with Gasteiger partial charge in [-0.05, 0) is 175 Å². The Labute approximate surface area is 471 Å². The van der Waals surface area contributed by atoms with Crippen LogP contribution in [0.3, 0.4) is 0 Å². The molecule has 67 heavy (non-hydrogen) atoms. The summed E-state index contributed by atoms with van der Waals surface area (Å²) < 4.78 is 74.2. The van der Waals surface area contributed by atoms with E-state index in [-0.39, 0.29) is 8.16 Å². The van der Waals surface area contributed by atoms with Crippen molar-refractivity contribution in [1.29, 1.82) is 0 Å². The molecule has 0 unspecified atom stereocenters. The molecule has 0 spiro atoms. The lowest BCUT2D eigenvalue weighted by Gasteiger charge is -2.45. The second-order valence-corrected chi connectivity index (χ2v) is 50.4. The van der Waals surface area contributed by atoms with Crippen LogP contribution in [0.2, 0.25) is 0 Å². The summed E-state index contributed by atoms with van der Waals surface area (Å²) in [6.45, 7) is 30.9. The van der Waals surface area contributed by atoms with E-state index >= 15 is 0 Å². The smallest absolute Gasteiger partial charge is 0.373 e. The Hall–Kier alpha value is 5.99.